The van der Waals surface area contributed by atoms with E-state index < -0.39 is 5.97 Å². The van der Waals surface area contributed by atoms with Gasteiger partial charge < -0.3 is 9.84 Å². The molecule has 0 aliphatic rings. The van der Waals surface area contributed by atoms with Crippen LogP contribution < -0.4 is 4.74 Å². The van der Waals surface area contributed by atoms with Crippen molar-refractivity contribution in [3.8, 4) is 5.75 Å². The number of hydrogen-bond donors (Lipinski definition) is 1. The van der Waals surface area contributed by atoms with E-state index in [1.807, 2.05) is 38.1 Å². The molecular formula is C13H16O3. The van der Waals surface area contributed by atoms with Gasteiger partial charge in [-0.15, -0.1) is 0 Å². The summed E-state index contributed by atoms with van der Waals surface area (Å²) >= 11 is 0. The third-order valence-electron chi connectivity index (χ3n) is 2.28. The Kier molecular flexibility index (Phi) is 4.11. The van der Waals surface area contributed by atoms with Crippen LogP contribution in [0.4, 0.5) is 0 Å². The number of aliphatic carboxylic acids is 1. The molecule has 0 radical (unpaired) electrons. The second kappa shape index (κ2) is 5.35. The van der Waals surface area contributed by atoms with Gasteiger partial charge in [0.25, 0.3) is 0 Å². The summed E-state index contributed by atoms with van der Waals surface area (Å²) in [5, 5.41) is 9.03. The standard InChI is InChI=1S/C13H16O3/c1-9(2)12(13(14)15)8-10-5-4-6-11(7-10)16-3/h4-9H,1-3H3,(H,14,15)/b12-8+. The fourth-order valence-corrected chi connectivity index (χ4v) is 1.39. The first-order chi connectivity index (χ1) is 7.54. The van der Waals surface area contributed by atoms with Crippen molar-refractivity contribution in [1.82, 2.24) is 0 Å². The summed E-state index contributed by atoms with van der Waals surface area (Å²) in [6.07, 6.45) is 1.68. The molecule has 0 spiro atoms. The molecule has 1 aromatic carbocycles. The lowest BCUT2D eigenvalue weighted by atomic mass is 10.0. The van der Waals surface area contributed by atoms with Gasteiger partial charge >= 0.3 is 5.97 Å². The van der Waals surface area contributed by atoms with Crippen LogP contribution >= 0.6 is 0 Å². The summed E-state index contributed by atoms with van der Waals surface area (Å²) in [6.45, 7) is 3.72. The highest BCUT2D eigenvalue weighted by molar-refractivity contribution is 5.92. The molecule has 0 aliphatic heterocycles. The molecule has 1 aromatic rings. The zero-order chi connectivity index (χ0) is 12.1. The molecule has 0 aliphatic carbocycles. The van der Waals surface area contributed by atoms with Crippen LogP contribution in [0.25, 0.3) is 6.08 Å². The molecule has 0 fully saturated rings. The Morgan fingerprint density at radius 2 is 2.12 bits per heavy atom. The van der Waals surface area contributed by atoms with Crippen molar-refractivity contribution in [2.75, 3.05) is 7.11 Å². The second-order valence-corrected chi connectivity index (χ2v) is 3.84. The van der Waals surface area contributed by atoms with Crippen molar-refractivity contribution in [1.29, 1.82) is 0 Å². The summed E-state index contributed by atoms with van der Waals surface area (Å²) in [4.78, 5) is 11.0. The number of benzene rings is 1. The van der Waals surface area contributed by atoms with Gasteiger partial charge in [0.2, 0.25) is 0 Å². The van der Waals surface area contributed by atoms with Gasteiger partial charge in [0.05, 0.1) is 7.11 Å². The van der Waals surface area contributed by atoms with E-state index in [-0.39, 0.29) is 5.92 Å². The fourth-order valence-electron chi connectivity index (χ4n) is 1.39. The number of ether oxygens (including phenoxy) is 1. The Hall–Kier alpha value is -1.77. The summed E-state index contributed by atoms with van der Waals surface area (Å²) in [5.74, 6) is -0.163. The molecule has 0 atom stereocenters. The monoisotopic (exact) mass is 220 g/mol. The molecule has 0 unspecified atom stereocenters. The van der Waals surface area contributed by atoms with Gasteiger partial charge in [-0.3, -0.25) is 0 Å². The first-order valence-corrected chi connectivity index (χ1v) is 5.13. The number of methoxy groups -OCH3 is 1. The minimum atomic E-state index is -0.877. The molecule has 1 rings (SSSR count). The fraction of sp³-hybridized carbons (Fsp3) is 0.308. The number of carboxylic acid groups (broad SMARTS) is 1. The molecule has 3 nitrogen and oxygen atoms in total. The highest BCUT2D eigenvalue weighted by Gasteiger charge is 2.11. The Labute approximate surface area is 95.4 Å². The van der Waals surface area contributed by atoms with Crippen LogP contribution in [0.2, 0.25) is 0 Å². The number of hydrogen-bond acceptors (Lipinski definition) is 2. The van der Waals surface area contributed by atoms with Crippen molar-refractivity contribution in [3.63, 3.8) is 0 Å². The van der Waals surface area contributed by atoms with E-state index in [1.165, 1.54) is 0 Å². The number of carboxylic acids is 1. The lowest BCUT2D eigenvalue weighted by molar-refractivity contribution is -0.133. The van der Waals surface area contributed by atoms with Crippen molar-refractivity contribution < 1.29 is 14.6 Å². The molecule has 0 heterocycles. The molecule has 86 valence electrons. The predicted octanol–water partition coefficient (Wildman–Crippen LogP) is 2.82. The minimum absolute atomic E-state index is 0.0105. The van der Waals surface area contributed by atoms with E-state index in [1.54, 1.807) is 13.2 Å². The van der Waals surface area contributed by atoms with Crippen LogP contribution in [-0.4, -0.2) is 18.2 Å². The molecule has 0 bridgehead atoms. The highest BCUT2D eigenvalue weighted by atomic mass is 16.5. The first-order valence-electron chi connectivity index (χ1n) is 5.13. The molecule has 0 aromatic heterocycles. The van der Waals surface area contributed by atoms with Gasteiger partial charge in [0.1, 0.15) is 5.75 Å². The Morgan fingerprint density at radius 3 is 2.62 bits per heavy atom. The molecular weight excluding hydrogens is 204 g/mol. The minimum Gasteiger partial charge on any atom is -0.497 e. The average molecular weight is 220 g/mol. The highest BCUT2D eigenvalue weighted by Crippen LogP contribution is 2.18. The summed E-state index contributed by atoms with van der Waals surface area (Å²) < 4.78 is 5.08. The van der Waals surface area contributed by atoms with Gasteiger partial charge in [-0.1, -0.05) is 26.0 Å². The van der Waals surface area contributed by atoms with Gasteiger partial charge in [-0.05, 0) is 29.7 Å². The molecule has 16 heavy (non-hydrogen) atoms. The van der Waals surface area contributed by atoms with Gasteiger partial charge in [0.15, 0.2) is 0 Å². The second-order valence-electron chi connectivity index (χ2n) is 3.84. The summed E-state index contributed by atoms with van der Waals surface area (Å²) in [7, 11) is 1.59. The first kappa shape index (κ1) is 12.3. The van der Waals surface area contributed by atoms with E-state index in [9.17, 15) is 4.79 Å². The Morgan fingerprint density at radius 1 is 1.44 bits per heavy atom. The maximum absolute atomic E-state index is 11.0. The van der Waals surface area contributed by atoms with Crippen molar-refractivity contribution in [2.45, 2.75) is 13.8 Å². The van der Waals surface area contributed by atoms with E-state index in [0.29, 0.717) is 5.57 Å². The van der Waals surface area contributed by atoms with Gasteiger partial charge in [0, 0.05) is 5.57 Å². The number of rotatable bonds is 4. The zero-order valence-corrected chi connectivity index (χ0v) is 9.73. The van der Waals surface area contributed by atoms with Crippen molar-refractivity contribution in [2.24, 2.45) is 5.92 Å². The van der Waals surface area contributed by atoms with Crippen LogP contribution in [0.1, 0.15) is 19.4 Å². The SMILES string of the molecule is COc1cccc(/C=C(/C(=O)O)C(C)C)c1. The largest absolute Gasteiger partial charge is 0.497 e. The topological polar surface area (TPSA) is 46.5 Å². The van der Waals surface area contributed by atoms with Crippen LogP contribution in [0.15, 0.2) is 29.8 Å². The van der Waals surface area contributed by atoms with E-state index >= 15 is 0 Å². The maximum atomic E-state index is 11.0. The van der Waals surface area contributed by atoms with Crippen molar-refractivity contribution in [3.05, 3.63) is 35.4 Å². The van der Waals surface area contributed by atoms with Gasteiger partial charge in [-0.2, -0.15) is 0 Å². The maximum Gasteiger partial charge on any atom is 0.331 e. The zero-order valence-electron chi connectivity index (χ0n) is 9.73. The molecule has 3 heteroatoms. The van der Waals surface area contributed by atoms with E-state index in [0.717, 1.165) is 11.3 Å². The third kappa shape index (κ3) is 3.12. The van der Waals surface area contributed by atoms with Crippen LogP contribution in [0.5, 0.6) is 5.75 Å². The molecule has 0 saturated carbocycles. The normalized spacial score (nSPS) is 11.6. The summed E-state index contributed by atoms with van der Waals surface area (Å²) in [6, 6.07) is 7.33. The predicted molar refractivity (Wildman–Crippen MR) is 63.4 cm³/mol. The lowest BCUT2D eigenvalue weighted by Gasteiger charge is -2.06. The molecule has 0 saturated heterocycles. The smallest absolute Gasteiger partial charge is 0.331 e. The Balaban J connectivity index is 3.07. The van der Waals surface area contributed by atoms with E-state index in [2.05, 4.69) is 0 Å². The lowest BCUT2D eigenvalue weighted by Crippen LogP contribution is -2.06. The van der Waals surface area contributed by atoms with E-state index in [4.69, 9.17) is 9.84 Å². The van der Waals surface area contributed by atoms with Crippen molar-refractivity contribution >= 4 is 12.0 Å². The molecule has 0 amide bonds. The quantitative estimate of drug-likeness (QED) is 0.793. The molecule has 1 N–H and O–H groups in total. The van der Waals surface area contributed by atoms with Crippen LogP contribution in [0, 0.1) is 5.92 Å². The van der Waals surface area contributed by atoms with Crippen LogP contribution in [-0.2, 0) is 4.79 Å². The number of carbonyl (C=O) groups is 1. The summed E-state index contributed by atoms with van der Waals surface area (Å²) in [5.41, 5.74) is 1.23. The van der Waals surface area contributed by atoms with Crippen LogP contribution in [0.3, 0.4) is 0 Å². The average Bonchev–Trinajstić information content (AvgIpc) is 2.25. The van der Waals surface area contributed by atoms with Gasteiger partial charge in [-0.25, -0.2) is 4.79 Å². The Bertz CT molecular complexity index is 405. The third-order valence-corrected chi connectivity index (χ3v) is 2.28.